The van der Waals surface area contributed by atoms with E-state index in [0.29, 0.717) is 25.4 Å². The molecule has 0 aromatic carbocycles. The Bertz CT molecular complexity index is 530. The first-order valence-electron chi connectivity index (χ1n) is 6.38. The molecule has 0 radical (unpaired) electrons. The third-order valence-corrected chi connectivity index (χ3v) is 3.57. The van der Waals surface area contributed by atoms with Crippen LogP contribution in [0.1, 0.15) is 10.5 Å². The molecule has 2 aromatic heterocycles. The van der Waals surface area contributed by atoms with Gasteiger partial charge < -0.3 is 15.4 Å². The van der Waals surface area contributed by atoms with E-state index in [1.807, 2.05) is 17.5 Å². The Morgan fingerprint density at radius 3 is 3.00 bits per heavy atom. The van der Waals surface area contributed by atoms with E-state index in [1.54, 1.807) is 24.5 Å². The van der Waals surface area contributed by atoms with E-state index in [-0.39, 0.29) is 18.3 Å². The van der Waals surface area contributed by atoms with Crippen LogP contribution >= 0.6 is 23.7 Å². The number of aromatic nitrogens is 2. The molecular weight excluding hydrogens is 312 g/mol. The van der Waals surface area contributed by atoms with Crippen molar-refractivity contribution in [2.75, 3.05) is 33.4 Å². The van der Waals surface area contributed by atoms with E-state index in [1.165, 1.54) is 0 Å². The number of halogens is 1. The van der Waals surface area contributed by atoms with Gasteiger partial charge in [-0.2, -0.15) is 5.10 Å². The molecule has 0 fully saturated rings. The van der Waals surface area contributed by atoms with Crippen LogP contribution in [0.4, 0.5) is 0 Å². The molecule has 116 valence electrons. The smallest absolute Gasteiger partial charge is 0.271 e. The van der Waals surface area contributed by atoms with Crippen LogP contribution in [-0.2, 0) is 4.74 Å². The highest BCUT2D eigenvalue weighted by Gasteiger charge is 2.11. The van der Waals surface area contributed by atoms with Crippen molar-refractivity contribution in [2.24, 2.45) is 0 Å². The van der Waals surface area contributed by atoms with Gasteiger partial charge in [0.1, 0.15) is 0 Å². The van der Waals surface area contributed by atoms with Gasteiger partial charge in [0.05, 0.1) is 17.2 Å². The van der Waals surface area contributed by atoms with E-state index in [4.69, 9.17) is 4.74 Å². The summed E-state index contributed by atoms with van der Waals surface area (Å²) in [5.41, 5.74) is 1.27. The average molecular weight is 331 g/mol. The zero-order chi connectivity index (χ0) is 14.2. The molecule has 0 spiro atoms. The van der Waals surface area contributed by atoms with Crippen LogP contribution in [0.3, 0.4) is 0 Å². The summed E-state index contributed by atoms with van der Waals surface area (Å²) in [5.74, 6) is -0.169. The van der Waals surface area contributed by atoms with Gasteiger partial charge in [0.2, 0.25) is 0 Å². The zero-order valence-electron chi connectivity index (χ0n) is 11.7. The van der Waals surface area contributed by atoms with E-state index >= 15 is 0 Å². The Morgan fingerprint density at radius 1 is 1.43 bits per heavy atom. The number of carbonyl (C=O) groups excluding carboxylic acids is 1. The average Bonchev–Trinajstić information content (AvgIpc) is 3.12. The van der Waals surface area contributed by atoms with Crippen molar-refractivity contribution < 1.29 is 9.53 Å². The monoisotopic (exact) mass is 330 g/mol. The number of rotatable bonds is 8. The van der Waals surface area contributed by atoms with Crippen molar-refractivity contribution in [3.8, 4) is 10.6 Å². The van der Waals surface area contributed by atoms with Crippen LogP contribution in [-0.4, -0.2) is 49.5 Å². The minimum absolute atomic E-state index is 0. The minimum Gasteiger partial charge on any atom is -0.383 e. The normalized spacial score (nSPS) is 10.1. The molecule has 3 N–H and O–H groups in total. The molecule has 0 aliphatic heterocycles. The summed E-state index contributed by atoms with van der Waals surface area (Å²) in [6, 6.07) is 5.71. The predicted octanol–water partition coefficient (Wildman–Crippen LogP) is 1.53. The molecule has 2 heterocycles. The lowest BCUT2D eigenvalue weighted by molar-refractivity contribution is 0.0948. The quantitative estimate of drug-likeness (QED) is 0.641. The Labute approximate surface area is 133 Å². The van der Waals surface area contributed by atoms with Crippen LogP contribution in [0.15, 0.2) is 23.6 Å². The third-order valence-electron chi connectivity index (χ3n) is 2.67. The van der Waals surface area contributed by atoms with Gasteiger partial charge in [-0.05, 0) is 17.5 Å². The summed E-state index contributed by atoms with van der Waals surface area (Å²) in [4.78, 5) is 12.9. The van der Waals surface area contributed by atoms with Crippen molar-refractivity contribution >= 4 is 29.7 Å². The van der Waals surface area contributed by atoms with Gasteiger partial charge >= 0.3 is 0 Å². The van der Waals surface area contributed by atoms with Crippen molar-refractivity contribution in [1.82, 2.24) is 20.8 Å². The number of aromatic amines is 1. The number of nitrogens with zero attached hydrogens (tertiary/aromatic N) is 1. The molecule has 6 nitrogen and oxygen atoms in total. The molecule has 1 amide bonds. The molecule has 0 aliphatic rings. The highest BCUT2D eigenvalue weighted by atomic mass is 35.5. The summed E-state index contributed by atoms with van der Waals surface area (Å²) < 4.78 is 4.91. The number of amides is 1. The summed E-state index contributed by atoms with van der Waals surface area (Å²) in [5, 5.41) is 14.9. The molecule has 0 aliphatic carbocycles. The van der Waals surface area contributed by atoms with E-state index < -0.39 is 0 Å². The van der Waals surface area contributed by atoms with Crippen LogP contribution in [0, 0.1) is 0 Å². The third kappa shape index (κ3) is 5.47. The fraction of sp³-hybridized carbons (Fsp3) is 0.385. The number of hydrogen-bond donors (Lipinski definition) is 3. The SMILES string of the molecule is COCCNCCNC(=O)c1cc(-c2cccs2)[nH]n1.Cl. The maximum atomic E-state index is 11.9. The molecule has 8 heteroatoms. The molecule has 21 heavy (non-hydrogen) atoms. The standard InChI is InChI=1S/C13H18N4O2S.ClH/c1-19-7-6-14-4-5-15-13(18)11-9-10(16-17-11)12-3-2-8-20-12;/h2-3,8-9,14H,4-7H2,1H3,(H,15,18)(H,16,17);1H. The van der Waals surface area contributed by atoms with Gasteiger partial charge in [0, 0.05) is 26.7 Å². The number of methoxy groups -OCH3 is 1. The van der Waals surface area contributed by atoms with Gasteiger partial charge in [-0.1, -0.05) is 6.07 Å². The second-order valence-electron chi connectivity index (χ2n) is 4.14. The maximum Gasteiger partial charge on any atom is 0.271 e. The largest absolute Gasteiger partial charge is 0.383 e. The minimum atomic E-state index is -0.169. The maximum absolute atomic E-state index is 11.9. The zero-order valence-corrected chi connectivity index (χ0v) is 13.4. The summed E-state index contributed by atoms with van der Waals surface area (Å²) in [7, 11) is 1.66. The topological polar surface area (TPSA) is 79.0 Å². The second-order valence-corrected chi connectivity index (χ2v) is 5.09. The number of hydrogen-bond acceptors (Lipinski definition) is 5. The molecule has 0 bridgehead atoms. The van der Waals surface area contributed by atoms with Crippen molar-refractivity contribution in [1.29, 1.82) is 0 Å². The van der Waals surface area contributed by atoms with Gasteiger partial charge in [0.15, 0.2) is 5.69 Å². The Morgan fingerprint density at radius 2 is 2.29 bits per heavy atom. The Hall–Kier alpha value is -1.41. The number of H-pyrrole nitrogens is 1. The van der Waals surface area contributed by atoms with Gasteiger partial charge in [-0.15, -0.1) is 23.7 Å². The van der Waals surface area contributed by atoms with Crippen molar-refractivity contribution in [3.05, 3.63) is 29.3 Å². The van der Waals surface area contributed by atoms with E-state index in [2.05, 4.69) is 20.8 Å². The second kappa shape index (κ2) is 9.51. The number of nitrogens with one attached hydrogen (secondary N) is 3. The van der Waals surface area contributed by atoms with Crippen LogP contribution in [0.2, 0.25) is 0 Å². The fourth-order valence-electron chi connectivity index (χ4n) is 1.65. The molecular formula is C13H19ClN4O2S. The molecule has 0 saturated carbocycles. The number of thiophene rings is 1. The van der Waals surface area contributed by atoms with E-state index in [0.717, 1.165) is 17.1 Å². The van der Waals surface area contributed by atoms with Crippen molar-refractivity contribution in [2.45, 2.75) is 0 Å². The Balaban J connectivity index is 0.00000220. The number of carbonyl (C=O) groups is 1. The summed E-state index contributed by atoms with van der Waals surface area (Å²) >= 11 is 1.61. The highest BCUT2D eigenvalue weighted by Crippen LogP contribution is 2.22. The Kier molecular flexibility index (Phi) is 7.99. The first-order chi connectivity index (χ1) is 9.81. The highest BCUT2D eigenvalue weighted by molar-refractivity contribution is 7.13. The van der Waals surface area contributed by atoms with Gasteiger partial charge in [-0.25, -0.2) is 0 Å². The van der Waals surface area contributed by atoms with Crippen molar-refractivity contribution in [3.63, 3.8) is 0 Å². The van der Waals surface area contributed by atoms with E-state index in [9.17, 15) is 4.79 Å². The van der Waals surface area contributed by atoms with Gasteiger partial charge in [0.25, 0.3) is 5.91 Å². The molecule has 0 atom stereocenters. The summed E-state index contributed by atoms with van der Waals surface area (Å²) in [6.45, 7) is 2.70. The lowest BCUT2D eigenvalue weighted by atomic mass is 10.3. The first-order valence-corrected chi connectivity index (χ1v) is 7.26. The van der Waals surface area contributed by atoms with Gasteiger partial charge in [-0.3, -0.25) is 9.89 Å². The molecule has 2 rings (SSSR count). The summed E-state index contributed by atoms with van der Waals surface area (Å²) in [6.07, 6.45) is 0. The lowest BCUT2D eigenvalue weighted by Gasteiger charge is -2.04. The first kappa shape index (κ1) is 17.6. The van der Waals surface area contributed by atoms with Crippen LogP contribution in [0.25, 0.3) is 10.6 Å². The number of ether oxygens (including phenoxy) is 1. The molecule has 0 saturated heterocycles. The molecule has 0 unspecified atom stereocenters. The predicted molar refractivity (Wildman–Crippen MR) is 86.2 cm³/mol. The fourth-order valence-corrected chi connectivity index (χ4v) is 2.34. The molecule has 2 aromatic rings. The van der Waals surface area contributed by atoms with Crippen LogP contribution in [0.5, 0.6) is 0 Å². The van der Waals surface area contributed by atoms with Crippen LogP contribution < -0.4 is 10.6 Å². The lowest BCUT2D eigenvalue weighted by Crippen LogP contribution is -2.33.